The molecule has 1 fully saturated rings. The van der Waals surface area contributed by atoms with Crippen LogP contribution in [0.4, 0.5) is 0 Å². The average Bonchev–Trinajstić information content (AvgIpc) is 2.35. The van der Waals surface area contributed by atoms with E-state index < -0.39 is 5.97 Å². The second kappa shape index (κ2) is 7.03. The highest BCUT2D eigenvalue weighted by Gasteiger charge is 2.40. The molecule has 100 valence electrons. The van der Waals surface area contributed by atoms with Crippen LogP contribution in [0, 0.1) is 11.3 Å². The first-order chi connectivity index (χ1) is 8.14. The fourth-order valence-electron chi connectivity index (χ4n) is 3.23. The highest BCUT2D eigenvalue weighted by molar-refractivity contribution is 5.74. The molecule has 2 nitrogen and oxygen atoms in total. The summed E-state index contributed by atoms with van der Waals surface area (Å²) < 4.78 is 0. The van der Waals surface area contributed by atoms with E-state index in [-0.39, 0.29) is 5.41 Å². The number of hydrogen-bond acceptors (Lipinski definition) is 1. The van der Waals surface area contributed by atoms with Gasteiger partial charge >= 0.3 is 5.97 Å². The first-order valence-corrected chi connectivity index (χ1v) is 7.38. The fourth-order valence-corrected chi connectivity index (χ4v) is 3.23. The molecular weight excluding hydrogens is 212 g/mol. The third-order valence-corrected chi connectivity index (χ3v) is 4.49. The minimum absolute atomic E-state index is 0.382. The molecule has 0 aromatic rings. The lowest BCUT2D eigenvalue weighted by molar-refractivity contribution is -0.152. The normalized spacial score (nSPS) is 21.1. The molecule has 1 rings (SSSR count). The van der Waals surface area contributed by atoms with E-state index in [1.807, 2.05) is 0 Å². The molecule has 0 bridgehead atoms. The molecule has 1 N–H and O–H groups in total. The Morgan fingerprint density at radius 3 is 2.35 bits per heavy atom. The van der Waals surface area contributed by atoms with Crippen LogP contribution in [0.2, 0.25) is 0 Å². The predicted octanol–water partition coefficient (Wildman–Crippen LogP) is 4.63. The van der Waals surface area contributed by atoms with Crippen molar-refractivity contribution in [1.29, 1.82) is 0 Å². The highest BCUT2D eigenvalue weighted by Crippen LogP contribution is 2.43. The molecule has 1 unspecified atom stereocenters. The van der Waals surface area contributed by atoms with Gasteiger partial charge in [-0.2, -0.15) is 0 Å². The van der Waals surface area contributed by atoms with Crippen molar-refractivity contribution in [2.24, 2.45) is 11.3 Å². The van der Waals surface area contributed by atoms with Crippen molar-refractivity contribution in [3.63, 3.8) is 0 Å². The van der Waals surface area contributed by atoms with Crippen LogP contribution in [0.15, 0.2) is 0 Å². The summed E-state index contributed by atoms with van der Waals surface area (Å²) in [7, 11) is 0. The Hall–Kier alpha value is -0.530. The molecule has 17 heavy (non-hydrogen) atoms. The zero-order valence-corrected chi connectivity index (χ0v) is 11.5. The van der Waals surface area contributed by atoms with Crippen LogP contribution in [-0.2, 0) is 4.79 Å². The van der Waals surface area contributed by atoms with E-state index in [1.165, 1.54) is 25.7 Å². The van der Waals surface area contributed by atoms with Crippen molar-refractivity contribution in [2.45, 2.75) is 78.1 Å². The molecule has 0 amide bonds. The zero-order valence-electron chi connectivity index (χ0n) is 11.5. The van der Waals surface area contributed by atoms with Crippen molar-refractivity contribution in [3.8, 4) is 0 Å². The van der Waals surface area contributed by atoms with Crippen molar-refractivity contribution in [3.05, 3.63) is 0 Å². The molecular formula is C15H28O2. The van der Waals surface area contributed by atoms with E-state index in [2.05, 4.69) is 13.8 Å². The van der Waals surface area contributed by atoms with Crippen LogP contribution in [0.1, 0.15) is 78.1 Å². The molecule has 0 aliphatic heterocycles. The predicted molar refractivity (Wildman–Crippen MR) is 71.1 cm³/mol. The second-order valence-electron chi connectivity index (χ2n) is 5.77. The average molecular weight is 240 g/mol. The molecule has 0 saturated heterocycles. The van der Waals surface area contributed by atoms with Crippen LogP contribution in [0.5, 0.6) is 0 Å². The maximum atomic E-state index is 11.6. The molecule has 0 radical (unpaired) electrons. The quantitative estimate of drug-likeness (QED) is 0.704. The van der Waals surface area contributed by atoms with Gasteiger partial charge in [0.25, 0.3) is 0 Å². The topological polar surface area (TPSA) is 37.3 Å². The van der Waals surface area contributed by atoms with E-state index in [4.69, 9.17) is 0 Å². The Morgan fingerprint density at radius 2 is 1.88 bits per heavy atom. The summed E-state index contributed by atoms with van der Waals surface area (Å²) in [4.78, 5) is 11.6. The standard InChI is InChI=1S/C15H28O2/c1-3-5-9-13(4-2)12-15(14(16)17)10-7-6-8-11-15/h13H,3-12H2,1-2H3,(H,16,17). The van der Waals surface area contributed by atoms with Gasteiger partial charge in [0.15, 0.2) is 0 Å². The van der Waals surface area contributed by atoms with Crippen LogP contribution >= 0.6 is 0 Å². The van der Waals surface area contributed by atoms with Crippen molar-refractivity contribution in [1.82, 2.24) is 0 Å². The number of carbonyl (C=O) groups is 1. The lowest BCUT2D eigenvalue weighted by Crippen LogP contribution is -2.35. The van der Waals surface area contributed by atoms with Gasteiger partial charge in [-0.3, -0.25) is 4.79 Å². The lowest BCUT2D eigenvalue weighted by Gasteiger charge is -2.36. The molecule has 1 atom stereocenters. The van der Waals surface area contributed by atoms with Crippen LogP contribution in [0.25, 0.3) is 0 Å². The summed E-state index contributed by atoms with van der Waals surface area (Å²) in [6, 6.07) is 0. The summed E-state index contributed by atoms with van der Waals surface area (Å²) in [6.07, 6.45) is 11.0. The van der Waals surface area contributed by atoms with Gasteiger partial charge in [0.2, 0.25) is 0 Å². The van der Waals surface area contributed by atoms with E-state index in [0.717, 1.165) is 38.5 Å². The van der Waals surface area contributed by atoms with E-state index >= 15 is 0 Å². The van der Waals surface area contributed by atoms with E-state index in [9.17, 15) is 9.90 Å². The van der Waals surface area contributed by atoms with E-state index in [0.29, 0.717) is 5.92 Å². The first kappa shape index (κ1) is 14.5. The molecule has 0 aromatic heterocycles. The fraction of sp³-hybridized carbons (Fsp3) is 0.933. The summed E-state index contributed by atoms with van der Waals surface area (Å²) in [5.74, 6) is 0.0799. The van der Waals surface area contributed by atoms with Gasteiger partial charge in [0.05, 0.1) is 5.41 Å². The summed E-state index contributed by atoms with van der Waals surface area (Å²) >= 11 is 0. The lowest BCUT2D eigenvalue weighted by atomic mass is 9.68. The van der Waals surface area contributed by atoms with Gasteiger partial charge in [0, 0.05) is 0 Å². The number of unbranched alkanes of at least 4 members (excludes halogenated alkanes) is 1. The summed E-state index contributed by atoms with van der Waals surface area (Å²) in [6.45, 7) is 4.42. The minimum atomic E-state index is -0.535. The van der Waals surface area contributed by atoms with Gasteiger partial charge in [-0.25, -0.2) is 0 Å². The Bertz CT molecular complexity index is 229. The van der Waals surface area contributed by atoms with Crippen molar-refractivity contribution >= 4 is 5.97 Å². The van der Waals surface area contributed by atoms with Gasteiger partial charge < -0.3 is 5.11 Å². The van der Waals surface area contributed by atoms with Crippen LogP contribution < -0.4 is 0 Å². The van der Waals surface area contributed by atoms with Gasteiger partial charge in [-0.1, -0.05) is 58.8 Å². The number of rotatable bonds is 7. The second-order valence-corrected chi connectivity index (χ2v) is 5.77. The van der Waals surface area contributed by atoms with Gasteiger partial charge in [-0.15, -0.1) is 0 Å². The molecule has 0 spiro atoms. The third kappa shape index (κ3) is 4.01. The highest BCUT2D eigenvalue weighted by atomic mass is 16.4. The Kier molecular flexibility index (Phi) is 6.01. The zero-order chi connectivity index (χ0) is 12.7. The van der Waals surface area contributed by atoms with Crippen LogP contribution in [-0.4, -0.2) is 11.1 Å². The third-order valence-electron chi connectivity index (χ3n) is 4.49. The number of carboxylic acids is 1. The SMILES string of the molecule is CCCCC(CC)CC1(C(=O)O)CCCCC1. The molecule has 2 heteroatoms. The number of aliphatic carboxylic acids is 1. The first-order valence-electron chi connectivity index (χ1n) is 7.38. The van der Waals surface area contributed by atoms with Gasteiger partial charge in [0.1, 0.15) is 0 Å². The Morgan fingerprint density at radius 1 is 1.24 bits per heavy atom. The summed E-state index contributed by atoms with van der Waals surface area (Å²) in [5.41, 5.74) is -0.382. The van der Waals surface area contributed by atoms with Crippen molar-refractivity contribution < 1.29 is 9.90 Å². The number of carboxylic acid groups (broad SMARTS) is 1. The monoisotopic (exact) mass is 240 g/mol. The van der Waals surface area contributed by atoms with E-state index in [1.54, 1.807) is 0 Å². The Labute approximate surface area is 106 Å². The molecule has 1 saturated carbocycles. The molecule has 0 heterocycles. The summed E-state index contributed by atoms with van der Waals surface area (Å²) in [5, 5.41) is 9.56. The van der Waals surface area contributed by atoms with Gasteiger partial charge in [-0.05, 0) is 25.2 Å². The largest absolute Gasteiger partial charge is 0.481 e. The maximum absolute atomic E-state index is 11.6. The molecule has 1 aliphatic rings. The molecule has 1 aliphatic carbocycles. The molecule has 0 aromatic carbocycles. The number of hydrogen-bond donors (Lipinski definition) is 1. The smallest absolute Gasteiger partial charge is 0.309 e. The van der Waals surface area contributed by atoms with Crippen molar-refractivity contribution in [2.75, 3.05) is 0 Å². The Balaban J connectivity index is 2.60. The van der Waals surface area contributed by atoms with Crippen LogP contribution in [0.3, 0.4) is 0 Å². The maximum Gasteiger partial charge on any atom is 0.309 e. The minimum Gasteiger partial charge on any atom is -0.481 e.